The van der Waals surface area contributed by atoms with Gasteiger partial charge in [-0.1, -0.05) is 49.7 Å². The summed E-state index contributed by atoms with van der Waals surface area (Å²) in [6.07, 6.45) is 23.6. The van der Waals surface area contributed by atoms with Crippen molar-refractivity contribution in [3.8, 4) is 11.8 Å². The molecule has 5 aliphatic carbocycles. The molecule has 9 heteroatoms. The van der Waals surface area contributed by atoms with Crippen molar-refractivity contribution in [1.82, 2.24) is 10.6 Å². The molecular weight excluding hydrogens is 715 g/mol. The molecule has 0 bridgehead atoms. The number of carbonyl (C=O) groups excluding carboxylic acids is 2. The average molecular weight is 792 g/mol. The number of aliphatic hydroxyl groups excluding tert-OH is 3. The van der Waals surface area contributed by atoms with Crippen LogP contribution in [0.1, 0.15) is 148 Å². The summed E-state index contributed by atoms with van der Waals surface area (Å²) in [6.45, 7) is 1.88. The number of hydrogen-bond donors (Lipinski definition) is 6. The zero-order valence-electron chi connectivity index (χ0n) is 35.1. The van der Waals surface area contributed by atoms with Crippen molar-refractivity contribution in [3.63, 3.8) is 0 Å². The minimum Gasteiger partial charge on any atom is -0.393 e. The van der Waals surface area contributed by atoms with Gasteiger partial charge in [-0.05, 0) is 163 Å². The van der Waals surface area contributed by atoms with Crippen LogP contribution in [0.4, 0.5) is 0 Å². The van der Waals surface area contributed by atoms with E-state index in [4.69, 9.17) is 10.5 Å². The van der Waals surface area contributed by atoms with Crippen LogP contribution in [0.3, 0.4) is 0 Å². The normalized spacial score (nSPS) is 41.9. The maximum absolute atomic E-state index is 14.3. The van der Waals surface area contributed by atoms with E-state index < -0.39 is 23.7 Å². The first-order chi connectivity index (χ1) is 27.6. The van der Waals surface area contributed by atoms with Gasteiger partial charge in [0.2, 0.25) is 0 Å². The fourth-order valence-corrected chi connectivity index (χ4v) is 12.9. The largest absolute Gasteiger partial charge is 0.393 e. The highest BCUT2D eigenvalue weighted by Gasteiger charge is 2.49. The van der Waals surface area contributed by atoms with Gasteiger partial charge in [0.1, 0.15) is 11.2 Å². The van der Waals surface area contributed by atoms with Crippen molar-refractivity contribution in [2.45, 2.75) is 184 Å². The molecule has 0 aromatic carbocycles. The van der Waals surface area contributed by atoms with Crippen LogP contribution in [-0.4, -0.2) is 83.7 Å². The van der Waals surface area contributed by atoms with E-state index in [0.717, 1.165) is 58.0 Å². The smallest absolute Gasteiger partial charge is 0.153 e. The summed E-state index contributed by atoms with van der Waals surface area (Å²) in [4.78, 5) is 26.3. The number of ether oxygens (including phenoxy) is 1. The van der Waals surface area contributed by atoms with E-state index in [0.29, 0.717) is 106 Å². The SMILES string of the molecule is COC1CC2CCC(=O)C3(C#CC(CCC(O)CC(C=CC4CCCCC4)C4CCNC(N)C4)C2CC1O)CCC(CCC1CNC2CC(=O)CCC2C1)CC3O. The summed E-state index contributed by atoms with van der Waals surface area (Å²) in [6, 6.07) is 0.357. The molecule has 7 aliphatic rings. The minimum absolute atomic E-state index is 0.000709. The lowest BCUT2D eigenvalue weighted by atomic mass is 9.64. The lowest BCUT2D eigenvalue weighted by Crippen LogP contribution is -2.49. The van der Waals surface area contributed by atoms with Crippen molar-refractivity contribution < 1.29 is 29.6 Å². The second-order valence-electron chi connectivity index (χ2n) is 20.2. The molecule has 4 saturated carbocycles. The second kappa shape index (κ2) is 20.3. The summed E-state index contributed by atoms with van der Waals surface area (Å²) in [5.41, 5.74) is 5.34. The number of aliphatic hydroxyl groups is 3. The Morgan fingerprint density at radius 3 is 2.51 bits per heavy atom. The van der Waals surface area contributed by atoms with E-state index in [9.17, 15) is 24.9 Å². The van der Waals surface area contributed by atoms with Crippen LogP contribution < -0.4 is 16.4 Å². The number of piperidine rings is 2. The molecule has 0 amide bonds. The van der Waals surface area contributed by atoms with Crippen molar-refractivity contribution >= 4 is 11.6 Å². The molecule has 6 fully saturated rings. The van der Waals surface area contributed by atoms with Crippen LogP contribution in [0.25, 0.3) is 0 Å². The van der Waals surface area contributed by atoms with Gasteiger partial charge in [0, 0.05) is 38.3 Å². The number of nitrogens with one attached hydrogen (secondary N) is 2. The van der Waals surface area contributed by atoms with Crippen molar-refractivity contribution in [2.24, 2.45) is 64.4 Å². The monoisotopic (exact) mass is 792 g/mol. The number of Topliss-reactive ketones (excluding diaryl/α,β-unsaturated/α-hetero) is 2. The number of allylic oxidation sites excluding steroid dienone is 2. The Labute approximate surface area is 343 Å². The van der Waals surface area contributed by atoms with Crippen LogP contribution in [0.2, 0.25) is 0 Å². The van der Waals surface area contributed by atoms with E-state index in [1.807, 2.05) is 0 Å². The molecule has 7 rings (SSSR count). The molecule has 2 aliphatic heterocycles. The molecule has 0 aromatic heterocycles. The first kappa shape index (κ1) is 43.4. The molecule has 15 unspecified atom stereocenters. The molecule has 7 N–H and O–H groups in total. The molecule has 2 saturated heterocycles. The molecule has 57 heavy (non-hydrogen) atoms. The minimum atomic E-state index is -1.04. The third kappa shape index (κ3) is 11.0. The quantitative estimate of drug-likeness (QED) is 0.100. The summed E-state index contributed by atoms with van der Waals surface area (Å²) in [5.74, 6) is 10.8. The van der Waals surface area contributed by atoms with Gasteiger partial charge in [0.25, 0.3) is 0 Å². The van der Waals surface area contributed by atoms with Crippen LogP contribution in [0.15, 0.2) is 12.2 Å². The number of ketones is 2. The summed E-state index contributed by atoms with van der Waals surface area (Å²) in [7, 11) is 1.67. The Hall–Kier alpha value is -1.64. The number of hydrogen-bond acceptors (Lipinski definition) is 9. The molecule has 2 heterocycles. The topological polar surface area (TPSA) is 154 Å². The Morgan fingerprint density at radius 2 is 1.72 bits per heavy atom. The average Bonchev–Trinajstić information content (AvgIpc) is 3.26. The predicted molar refractivity (Wildman–Crippen MR) is 224 cm³/mol. The van der Waals surface area contributed by atoms with Crippen LogP contribution in [-0.2, 0) is 14.3 Å². The molecular formula is C48H77N3O6. The summed E-state index contributed by atoms with van der Waals surface area (Å²) in [5, 5.41) is 42.0. The highest BCUT2D eigenvalue weighted by Crippen LogP contribution is 2.47. The van der Waals surface area contributed by atoms with Gasteiger partial charge in [-0.25, -0.2) is 0 Å². The molecule has 1 spiro atoms. The molecule has 0 radical (unpaired) electrons. The summed E-state index contributed by atoms with van der Waals surface area (Å²) >= 11 is 0. The van der Waals surface area contributed by atoms with E-state index in [1.54, 1.807) is 7.11 Å². The van der Waals surface area contributed by atoms with Gasteiger partial charge >= 0.3 is 0 Å². The molecule has 15 atom stereocenters. The van der Waals surface area contributed by atoms with Gasteiger partial charge in [-0.2, -0.15) is 0 Å². The van der Waals surface area contributed by atoms with E-state index >= 15 is 0 Å². The maximum atomic E-state index is 14.3. The Balaban J connectivity index is 1.02. The zero-order chi connectivity index (χ0) is 39.9. The highest BCUT2D eigenvalue weighted by molar-refractivity contribution is 5.89. The van der Waals surface area contributed by atoms with Crippen molar-refractivity contribution in [1.29, 1.82) is 0 Å². The van der Waals surface area contributed by atoms with Crippen LogP contribution >= 0.6 is 0 Å². The standard InChI is InChI=1S/C48H77N3O6/c1-57-44-26-37-13-16-45(55)48(20-17-32(24-46(48)56)7-8-33-23-38-12-15-40(53)28-42(38)51-30-33)21-18-34(41(37)29-43(44)54)11-14-39(52)25-35(36-19-22-50-47(49)27-36)10-9-31-5-3-2-4-6-31/h9-10,31-39,41-44,46-47,50-52,54,56H,2-8,11-17,19-20,22-30,49H2,1H3. The first-order valence-electron chi connectivity index (χ1n) is 23.7. The number of rotatable bonds is 12. The summed E-state index contributed by atoms with van der Waals surface area (Å²) < 4.78 is 5.74. The fourth-order valence-electron chi connectivity index (χ4n) is 12.9. The van der Waals surface area contributed by atoms with Crippen LogP contribution in [0, 0.1) is 70.5 Å². The van der Waals surface area contributed by atoms with Crippen molar-refractivity contribution in [2.75, 3.05) is 20.2 Å². The van der Waals surface area contributed by atoms with Gasteiger partial charge in [-0.3, -0.25) is 9.59 Å². The molecule has 320 valence electrons. The Morgan fingerprint density at radius 1 is 0.912 bits per heavy atom. The predicted octanol–water partition coefficient (Wildman–Crippen LogP) is 6.21. The Kier molecular flexibility index (Phi) is 15.5. The van der Waals surface area contributed by atoms with Gasteiger partial charge in [0.15, 0.2) is 5.78 Å². The van der Waals surface area contributed by atoms with Crippen LogP contribution in [0.5, 0.6) is 0 Å². The van der Waals surface area contributed by atoms with Crippen molar-refractivity contribution in [3.05, 3.63) is 12.2 Å². The lowest BCUT2D eigenvalue weighted by molar-refractivity contribution is -0.135. The number of carbonyl (C=O) groups is 2. The fraction of sp³-hybridized carbons (Fsp3) is 0.875. The zero-order valence-corrected chi connectivity index (χ0v) is 35.1. The maximum Gasteiger partial charge on any atom is 0.153 e. The number of nitrogens with two attached hydrogens (primary N) is 1. The molecule has 0 aromatic rings. The number of methoxy groups -OCH3 is 1. The first-order valence-corrected chi connectivity index (χ1v) is 23.7. The highest BCUT2D eigenvalue weighted by atomic mass is 16.5. The van der Waals surface area contributed by atoms with E-state index in [-0.39, 0.29) is 41.7 Å². The van der Waals surface area contributed by atoms with E-state index in [2.05, 4.69) is 34.6 Å². The van der Waals surface area contributed by atoms with E-state index in [1.165, 1.54) is 38.5 Å². The Bertz CT molecular complexity index is 1420. The third-order valence-corrected chi connectivity index (χ3v) is 16.5. The number of fused-ring (bicyclic) bond motifs is 2. The van der Waals surface area contributed by atoms with Gasteiger partial charge in [-0.15, -0.1) is 0 Å². The third-order valence-electron chi connectivity index (χ3n) is 16.5. The second-order valence-corrected chi connectivity index (χ2v) is 20.2. The molecule has 9 nitrogen and oxygen atoms in total. The lowest BCUT2D eigenvalue weighted by Gasteiger charge is -2.42. The van der Waals surface area contributed by atoms with Gasteiger partial charge in [0.05, 0.1) is 30.6 Å². The van der Waals surface area contributed by atoms with Gasteiger partial charge < -0.3 is 36.4 Å².